The van der Waals surface area contributed by atoms with Gasteiger partial charge in [-0.05, 0) is 24.5 Å². The SMILES string of the molecule is Nc1ccc(F)cc1OCCC1CC1. The van der Waals surface area contributed by atoms with Gasteiger partial charge < -0.3 is 10.5 Å². The van der Waals surface area contributed by atoms with E-state index in [4.69, 9.17) is 10.5 Å². The normalized spacial score (nSPS) is 15.5. The van der Waals surface area contributed by atoms with Crippen LogP contribution in [0.5, 0.6) is 5.75 Å². The molecule has 1 aliphatic rings. The van der Waals surface area contributed by atoms with Crippen LogP contribution in [0.2, 0.25) is 0 Å². The van der Waals surface area contributed by atoms with E-state index in [-0.39, 0.29) is 5.82 Å². The van der Waals surface area contributed by atoms with Crippen molar-refractivity contribution < 1.29 is 9.13 Å². The standard InChI is InChI=1S/C11H14FNO/c12-9-3-4-10(13)11(7-9)14-6-5-8-1-2-8/h3-4,7-8H,1-2,5-6,13H2. The lowest BCUT2D eigenvalue weighted by atomic mass is 10.3. The fraction of sp³-hybridized carbons (Fsp3) is 0.455. The zero-order valence-electron chi connectivity index (χ0n) is 8.00. The van der Waals surface area contributed by atoms with E-state index in [9.17, 15) is 4.39 Å². The first kappa shape index (κ1) is 9.31. The Morgan fingerprint density at radius 3 is 2.93 bits per heavy atom. The van der Waals surface area contributed by atoms with Crippen molar-refractivity contribution in [2.75, 3.05) is 12.3 Å². The molecule has 0 bridgehead atoms. The van der Waals surface area contributed by atoms with E-state index in [1.807, 2.05) is 0 Å². The zero-order valence-corrected chi connectivity index (χ0v) is 8.00. The first-order chi connectivity index (χ1) is 6.75. The molecule has 0 radical (unpaired) electrons. The second kappa shape index (κ2) is 3.86. The molecule has 2 rings (SSSR count). The maximum atomic E-state index is 12.8. The van der Waals surface area contributed by atoms with Crippen LogP contribution in [0.4, 0.5) is 10.1 Å². The molecule has 2 N–H and O–H groups in total. The molecule has 0 aromatic heterocycles. The Labute approximate surface area is 82.9 Å². The second-order valence-corrected chi connectivity index (χ2v) is 3.76. The summed E-state index contributed by atoms with van der Waals surface area (Å²) in [5.41, 5.74) is 6.13. The summed E-state index contributed by atoms with van der Waals surface area (Å²) in [4.78, 5) is 0. The van der Waals surface area contributed by atoms with Gasteiger partial charge in [0.05, 0.1) is 12.3 Å². The number of rotatable bonds is 4. The van der Waals surface area contributed by atoms with Gasteiger partial charge in [-0.15, -0.1) is 0 Å². The van der Waals surface area contributed by atoms with E-state index >= 15 is 0 Å². The van der Waals surface area contributed by atoms with Crippen LogP contribution in [-0.4, -0.2) is 6.61 Å². The topological polar surface area (TPSA) is 35.2 Å². The van der Waals surface area contributed by atoms with Gasteiger partial charge in [0.25, 0.3) is 0 Å². The van der Waals surface area contributed by atoms with Crippen molar-refractivity contribution in [2.24, 2.45) is 5.92 Å². The molecule has 0 spiro atoms. The van der Waals surface area contributed by atoms with Gasteiger partial charge >= 0.3 is 0 Å². The predicted octanol–water partition coefficient (Wildman–Crippen LogP) is 2.59. The van der Waals surface area contributed by atoms with Crippen molar-refractivity contribution in [3.05, 3.63) is 24.0 Å². The maximum absolute atomic E-state index is 12.8. The second-order valence-electron chi connectivity index (χ2n) is 3.76. The van der Waals surface area contributed by atoms with E-state index in [2.05, 4.69) is 0 Å². The smallest absolute Gasteiger partial charge is 0.145 e. The molecule has 76 valence electrons. The lowest BCUT2D eigenvalue weighted by Gasteiger charge is -2.07. The molecule has 0 saturated heterocycles. The molecule has 2 nitrogen and oxygen atoms in total. The molecule has 1 aromatic carbocycles. The quantitative estimate of drug-likeness (QED) is 0.749. The number of anilines is 1. The molecule has 1 saturated carbocycles. The largest absolute Gasteiger partial charge is 0.491 e. The molecule has 0 atom stereocenters. The average Bonchev–Trinajstić information content (AvgIpc) is 2.95. The summed E-state index contributed by atoms with van der Waals surface area (Å²) in [7, 11) is 0. The van der Waals surface area contributed by atoms with E-state index in [1.54, 1.807) is 0 Å². The Morgan fingerprint density at radius 2 is 2.21 bits per heavy atom. The van der Waals surface area contributed by atoms with Crippen molar-refractivity contribution in [3.63, 3.8) is 0 Å². The number of halogens is 1. The summed E-state index contributed by atoms with van der Waals surface area (Å²) in [6.45, 7) is 0.637. The number of hydrogen-bond donors (Lipinski definition) is 1. The first-order valence-corrected chi connectivity index (χ1v) is 4.93. The molecular weight excluding hydrogens is 181 g/mol. The summed E-state index contributed by atoms with van der Waals surface area (Å²) in [5.74, 6) is 0.982. The van der Waals surface area contributed by atoms with Crippen LogP contribution in [0.25, 0.3) is 0 Å². The van der Waals surface area contributed by atoms with Crippen molar-refractivity contribution >= 4 is 5.69 Å². The minimum Gasteiger partial charge on any atom is -0.491 e. The third-order valence-electron chi connectivity index (χ3n) is 2.46. The Kier molecular flexibility index (Phi) is 2.57. The summed E-state index contributed by atoms with van der Waals surface area (Å²) >= 11 is 0. The van der Waals surface area contributed by atoms with Gasteiger partial charge in [-0.2, -0.15) is 0 Å². The number of nitrogens with two attached hydrogens (primary N) is 1. The van der Waals surface area contributed by atoms with Gasteiger partial charge in [0, 0.05) is 6.07 Å². The Bertz CT molecular complexity index is 323. The molecule has 1 fully saturated rings. The van der Waals surface area contributed by atoms with Gasteiger partial charge in [-0.3, -0.25) is 0 Å². The molecular formula is C11H14FNO. The third-order valence-corrected chi connectivity index (χ3v) is 2.46. The molecule has 3 heteroatoms. The van der Waals surface area contributed by atoms with Crippen LogP contribution < -0.4 is 10.5 Å². The molecule has 1 aromatic rings. The fourth-order valence-electron chi connectivity index (χ4n) is 1.38. The minimum atomic E-state index is -0.305. The van der Waals surface area contributed by atoms with Crippen molar-refractivity contribution in [1.29, 1.82) is 0 Å². The number of nitrogen functional groups attached to an aromatic ring is 1. The van der Waals surface area contributed by atoms with Crippen LogP contribution in [-0.2, 0) is 0 Å². The highest BCUT2D eigenvalue weighted by Crippen LogP contribution is 2.32. The maximum Gasteiger partial charge on any atom is 0.145 e. The highest BCUT2D eigenvalue weighted by molar-refractivity contribution is 5.52. The average molecular weight is 195 g/mol. The number of ether oxygens (including phenoxy) is 1. The van der Waals surface area contributed by atoms with Gasteiger partial charge in [0.2, 0.25) is 0 Å². The number of benzene rings is 1. The fourth-order valence-corrected chi connectivity index (χ4v) is 1.38. The summed E-state index contributed by atoms with van der Waals surface area (Å²) in [6, 6.07) is 4.20. The van der Waals surface area contributed by atoms with Crippen LogP contribution in [0, 0.1) is 11.7 Å². The lowest BCUT2D eigenvalue weighted by molar-refractivity contribution is 0.302. The summed E-state index contributed by atoms with van der Waals surface area (Å²) in [6.07, 6.45) is 3.67. The summed E-state index contributed by atoms with van der Waals surface area (Å²) in [5, 5.41) is 0. The van der Waals surface area contributed by atoms with Crippen LogP contribution >= 0.6 is 0 Å². The highest BCUT2D eigenvalue weighted by atomic mass is 19.1. The van der Waals surface area contributed by atoms with Gasteiger partial charge in [0.15, 0.2) is 0 Å². The summed E-state index contributed by atoms with van der Waals surface area (Å²) < 4.78 is 18.2. The van der Waals surface area contributed by atoms with Crippen LogP contribution in [0.15, 0.2) is 18.2 Å². The first-order valence-electron chi connectivity index (χ1n) is 4.93. The lowest BCUT2D eigenvalue weighted by Crippen LogP contribution is -2.01. The molecule has 14 heavy (non-hydrogen) atoms. The van der Waals surface area contributed by atoms with Crippen LogP contribution in [0.1, 0.15) is 19.3 Å². The van der Waals surface area contributed by atoms with E-state index in [0.717, 1.165) is 12.3 Å². The predicted molar refractivity (Wildman–Crippen MR) is 53.6 cm³/mol. The van der Waals surface area contributed by atoms with E-state index < -0.39 is 0 Å². The third kappa shape index (κ3) is 2.37. The molecule has 0 heterocycles. The minimum absolute atomic E-state index is 0.305. The molecule has 0 aliphatic heterocycles. The monoisotopic (exact) mass is 195 g/mol. The van der Waals surface area contributed by atoms with Crippen molar-refractivity contribution in [2.45, 2.75) is 19.3 Å². The Balaban J connectivity index is 1.89. The van der Waals surface area contributed by atoms with Crippen LogP contribution in [0.3, 0.4) is 0 Å². The highest BCUT2D eigenvalue weighted by Gasteiger charge is 2.20. The molecule has 0 unspecified atom stereocenters. The van der Waals surface area contributed by atoms with E-state index in [0.29, 0.717) is 18.0 Å². The molecule has 1 aliphatic carbocycles. The van der Waals surface area contributed by atoms with Gasteiger partial charge in [0.1, 0.15) is 11.6 Å². The van der Waals surface area contributed by atoms with Crippen molar-refractivity contribution in [3.8, 4) is 5.75 Å². The number of hydrogen-bond acceptors (Lipinski definition) is 2. The van der Waals surface area contributed by atoms with E-state index in [1.165, 1.54) is 31.0 Å². The van der Waals surface area contributed by atoms with Crippen molar-refractivity contribution in [1.82, 2.24) is 0 Å². The van der Waals surface area contributed by atoms with Gasteiger partial charge in [-0.25, -0.2) is 4.39 Å². The Morgan fingerprint density at radius 1 is 1.43 bits per heavy atom. The molecule has 0 amide bonds. The van der Waals surface area contributed by atoms with Gasteiger partial charge in [-0.1, -0.05) is 12.8 Å². The zero-order chi connectivity index (χ0) is 9.97. The Hall–Kier alpha value is -1.25.